The quantitative estimate of drug-likeness (QED) is 0.140. The number of aliphatic hydroxyl groups excluding tert-OH is 2. The van der Waals surface area contributed by atoms with Crippen LogP contribution >= 0.6 is 11.6 Å². The first-order valence-corrected chi connectivity index (χ1v) is 16.3. The highest BCUT2D eigenvalue weighted by Gasteiger charge is 2.25. The molecule has 0 spiro atoms. The second-order valence-corrected chi connectivity index (χ2v) is 12.2. The number of aliphatic carboxylic acids is 1. The third-order valence-corrected chi connectivity index (χ3v) is 8.60. The Hall–Kier alpha value is -5.19. The van der Waals surface area contributed by atoms with Gasteiger partial charge in [-0.15, -0.1) is 0 Å². The fourth-order valence-electron chi connectivity index (χ4n) is 5.48. The van der Waals surface area contributed by atoms with E-state index in [1.54, 1.807) is 35.4 Å². The molecule has 4 N–H and O–H groups in total. The first-order valence-electron chi connectivity index (χ1n) is 15.9. The zero-order chi connectivity index (χ0) is 35.6. The highest BCUT2D eigenvalue weighted by atomic mass is 35.5. The van der Waals surface area contributed by atoms with Crippen LogP contribution in [0.3, 0.4) is 0 Å². The number of benzene rings is 3. The number of pyridine rings is 1. The summed E-state index contributed by atoms with van der Waals surface area (Å²) in [5.74, 6) is -0.121. The van der Waals surface area contributed by atoms with Crippen molar-refractivity contribution in [2.75, 3.05) is 26.3 Å². The van der Waals surface area contributed by atoms with Crippen LogP contribution in [0.25, 0.3) is 11.1 Å². The van der Waals surface area contributed by atoms with Gasteiger partial charge in [0.15, 0.2) is 6.61 Å². The fraction of sp³-hybridized carbons (Fsp3) is 0.297. The Balaban J connectivity index is 1.31. The van der Waals surface area contributed by atoms with Gasteiger partial charge in [0.05, 0.1) is 23.3 Å². The number of aromatic nitrogens is 1. The number of ether oxygens (including phenoxy) is 3. The number of nitrogens with one attached hydrogen (secondary N) is 1. The first kappa shape index (κ1) is 36.1. The molecule has 1 aliphatic heterocycles. The number of hydrogen-bond donors (Lipinski definition) is 4. The van der Waals surface area contributed by atoms with Gasteiger partial charge >= 0.3 is 5.97 Å². The summed E-state index contributed by atoms with van der Waals surface area (Å²) < 4.78 is 18.1. The Morgan fingerprint density at radius 2 is 1.86 bits per heavy atom. The first-order chi connectivity index (χ1) is 24.1. The van der Waals surface area contributed by atoms with Crippen molar-refractivity contribution < 1.29 is 39.1 Å². The summed E-state index contributed by atoms with van der Waals surface area (Å²) in [5.41, 5.74) is 5.28. The summed E-state index contributed by atoms with van der Waals surface area (Å²) >= 11 is 6.65. The maximum absolute atomic E-state index is 12.5. The SMILES string of the molecule is Cc1c(COc2cc(OCc3cncc(C#N)c3)c(CNC(CO)C(=O)O)cc2Cl)cccc1-c1cccc(OCC(=O)N2CCC(O)C2)c1. The molecule has 0 saturated carbocycles. The number of nitriles is 1. The third kappa shape index (κ3) is 9.28. The summed E-state index contributed by atoms with van der Waals surface area (Å²) in [6.07, 6.45) is 3.11. The molecule has 50 heavy (non-hydrogen) atoms. The molecule has 3 aromatic carbocycles. The molecule has 0 aliphatic carbocycles. The molecular formula is C37H37ClN4O8. The van der Waals surface area contributed by atoms with Gasteiger partial charge in [-0.05, 0) is 59.9 Å². The summed E-state index contributed by atoms with van der Waals surface area (Å²) in [7, 11) is 0. The second kappa shape index (κ2) is 17.0. The van der Waals surface area contributed by atoms with Crippen LogP contribution in [0, 0.1) is 18.3 Å². The average molecular weight is 701 g/mol. The number of halogens is 1. The Morgan fingerprint density at radius 3 is 2.60 bits per heavy atom. The van der Waals surface area contributed by atoms with E-state index in [1.165, 1.54) is 6.20 Å². The number of β-amino-alcohol motifs (C(OH)–C–C–N with tert-alkyl or cyclic N) is 1. The lowest BCUT2D eigenvalue weighted by Crippen LogP contribution is -2.39. The molecule has 1 aromatic heterocycles. The van der Waals surface area contributed by atoms with Gasteiger partial charge in [0, 0.05) is 49.2 Å². The number of nitrogens with zero attached hydrogens (tertiary/aromatic N) is 3. The van der Waals surface area contributed by atoms with Crippen LogP contribution in [0.1, 0.15) is 34.2 Å². The van der Waals surface area contributed by atoms with Crippen molar-refractivity contribution in [1.29, 1.82) is 5.26 Å². The zero-order valence-corrected chi connectivity index (χ0v) is 28.1. The van der Waals surface area contributed by atoms with Crippen LogP contribution in [-0.2, 0) is 29.3 Å². The van der Waals surface area contributed by atoms with Gasteiger partial charge in [-0.2, -0.15) is 5.26 Å². The van der Waals surface area contributed by atoms with E-state index in [0.717, 1.165) is 22.3 Å². The molecule has 1 saturated heterocycles. The van der Waals surface area contributed by atoms with E-state index in [2.05, 4.69) is 10.3 Å². The van der Waals surface area contributed by atoms with Crippen LogP contribution in [0.15, 0.2) is 73.1 Å². The lowest BCUT2D eigenvalue weighted by Gasteiger charge is -2.18. The normalized spacial score (nSPS) is 14.5. The van der Waals surface area contributed by atoms with Gasteiger partial charge in [0.25, 0.3) is 5.91 Å². The standard InChI is InChI=1S/C37H37ClN4O8/c1-23-27(5-3-7-31(23)26-4-2-6-30(11-26)48-22-36(45)42-9-8-29(44)18-42)21-50-35-13-34(49-20-25-10-24(14-39)15-40-16-25)28(12-32(35)38)17-41-33(19-43)37(46)47/h2-7,10-13,15-16,29,33,41,43-44H,8-9,17-22H2,1H3,(H,46,47). The minimum atomic E-state index is -1.20. The van der Waals surface area contributed by atoms with E-state index in [4.69, 9.17) is 25.8 Å². The monoisotopic (exact) mass is 700 g/mol. The van der Waals surface area contributed by atoms with Crippen molar-refractivity contribution >= 4 is 23.5 Å². The predicted octanol–water partition coefficient (Wildman–Crippen LogP) is 4.25. The molecule has 13 heteroatoms. The second-order valence-electron chi connectivity index (χ2n) is 11.8. The van der Waals surface area contributed by atoms with Crippen LogP contribution < -0.4 is 19.5 Å². The van der Waals surface area contributed by atoms with Crippen LogP contribution in [0.5, 0.6) is 17.2 Å². The maximum Gasteiger partial charge on any atom is 0.323 e. The van der Waals surface area contributed by atoms with Crippen molar-refractivity contribution in [2.45, 2.75) is 45.2 Å². The van der Waals surface area contributed by atoms with Crippen molar-refractivity contribution in [3.05, 3.63) is 106 Å². The summed E-state index contributed by atoms with van der Waals surface area (Å²) in [4.78, 5) is 29.6. The molecule has 4 aromatic rings. The Morgan fingerprint density at radius 1 is 1.06 bits per heavy atom. The molecule has 12 nitrogen and oxygen atoms in total. The molecule has 1 fully saturated rings. The zero-order valence-electron chi connectivity index (χ0n) is 27.3. The molecular weight excluding hydrogens is 664 g/mol. The summed E-state index contributed by atoms with van der Waals surface area (Å²) in [5, 5.41) is 40.8. The van der Waals surface area contributed by atoms with Gasteiger partial charge in [-0.3, -0.25) is 19.9 Å². The highest BCUT2D eigenvalue weighted by molar-refractivity contribution is 6.32. The summed E-state index contributed by atoms with van der Waals surface area (Å²) in [6, 6.07) is 19.1. The molecule has 260 valence electrons. The minimum absolute atomic E-state index is 0.0306. The molecule has 0 bridgehead atoms. The molecule has 1 amide bonds. The van der Waals surface area contributed by atoms with Crippen molar-refractivity contribution in [1.82, 2.24) is 15.2 Å². The smallest absolute Gasteiger partial charge is 0.323 e. The number of rotatable bonds is 15. The number of likely N-dealkylation sites (tertiary alicyclic amines) is 1. The van der Waals surface area contributed by atoms with Gasteiger partial charge in [-0.25, -0.2) is 0 Å². The van der Waals surface area contributed by atoms with Gasteiger partial charge in [0.1, 0.15) is 42.6 Å². The molecule has 2 heterocycles. The van der Waals surface area contributed by atoms with Crippen LogP contribution in [0.2, 0.25) is 5.02 Å². The molecule has 5 rings (SSSR count). The van der Waals surface area contributed by atoms with E-state index < -0.39 is 24.7 Å². The van der Waals surface area contributed by atoms with Crippen molar-refractivity contribution in [2.24, 2.45) is 0 Å². The number of carbonyl (C=O) groups excluding carboxylic acids is 1. The predicted molar refractivity (Wildman–Crippen MR) is 184 cm³/mol. The molecule has 0 radical (unpaired) electrons. The minimum Gasteiger partial charge on any atom is -0.488 e. The molecule has 2 unspecified atom stereocenters. The average Bonchev–Trinajstić information content (AvgIpc) is 3.56. The number of carbonyl (C=O) groups is 2. The Bertz CT molecular complexity index is 1880. The lowest BCUT2D eigenvalue weighted by molar-refractivity contribution is -0.140. The van der Waals surface area contributed by atoms with Gasteiger partial charge in [-0.1, -0.05) is 41.9 Å². The number of carboxylic acid groups (broad SMARTS) is 1. The number of amides is 1. The number of aliphatic hydroxyl groups is 2. The van der Waals surface area contributed by atoms with Crippen LogP contribution in [-0.4, -0.2) is 75.5 Å². The van der Waals surface area contributed by atoms with E-state index in [0.29, 0.717) is 53.4 Å². The summed E-state index contributed by atoms with van der Waals surface area (Å²) in [6.45, 7) is 2.38. The fourth-order valence-corrected chi connectivity index (χ4v) is 5.72. The largest absolute Gasteiger partial charge is 0.488 e. The van der Waals surface area contributed by atoms with Crippen molar-refractivity contribution in [3.63, 3.8) is 0 Å². The van der Waals surface area contributed by atoms with Gasteiger partial charge < -0.3 is 34.4 Å². The lowest BCUT2D eigenvalue weighted by atomic mass is 9.96. The Kier molecular flexibility index (Phi) is 12.2. The van der Waals surface area contributed by atoms with Crippen molar-refractivity contribution in [3.8, 4) is 34.4 Å². The van der Waals surface area contributed by atoms with Crippen LogP contribution in [0.4, 0.5) is 0 Å². The topological polar surface area (TPSA) is 174 Å². The van der Waals surface area contributed by atoms with E-state index in [1.807, 2.05) is 49.4 Å². The number of carboxylic acids is 1. The molecule has 1 aliphatic rings. The van der Waals surface area contributed by atoms with E-state index in [9.17, 15) is 30.2 Å². The highest BCUT2D eigenvalue weighted by Crippen LogP contribution is 2.35. The molecule has 2 atom stereocenters. The van der Waals surface area contributed by atoms with Gasteiger partial charge in [0.2, 0.25) is 0 Å². The maximum atomic E-state index is 12.5. The Labute approximate surface area is 294 Å². The third-order valence-electron chi connectivity index (χ3n) is 8.31. The van der Waals surface area contributed by atoms with E-state index >= 15 is 0 Å². The number of hydrogen-bond acceptors (Lipinski definition) is 10. The van der Waals surface area contributed by atoms with E-state index in [-0.39, 0.29) is 37.3 Å².